The van der Waals surface area contributed by atoms with Gasteiger partial charge in [0.2, 0.25) is 0 Å². The number of fused-ring (bicyclic) bond motifs is 1. The van der Waals surface area contributed by atoms with Crippen LogP contribution in [-0.4, -0.2) is 18.6 Å². The molecule has 1 aromatic carbocycles. The van der Waals surface area contributed by atoms with Gasteiger partial charge in [0.05, 0.1) is 0 Å². The Kier molecular flexibility index (Phi) is 4.56. The molecule has 1 N–H and O–H groups in total. The number of carbonyl (C=O) groups excluding carboxylic acids is 1. The van der Waals surface area contributed by atoms with Crippen molar-refractivity contribution in [1.82, 2.24) is 5.32 Å². The number of carbonyl (C=O) groups is 1. The van der Waals surface area contributed by atoms with Gasteiger partial charge in [-0.2, -0.15) is 0 Å². The molecule has 0 fully saturated rings. The molecule has 0 aliphatic carbocycles. The van der Waals surface area contributed by atoms with Gasteiger partial charge in [0, 0.05) is 23.1 Å². The molecule has 0 bridgehead atoms. The SMILES string of the molecule is CC(=O)Oc1cccc2scc(CCNC(C)C)c12. The Morgan fingerprint density at radius 3 is 2.89 bits per heavy atom. The van der Waals surface area contributed by atoms with Crippen molar-refractivity contribution in [2.75, 3.05) is 6.54 Å². The van der Waals surface area contributed by atoms with E-state index in [-0.39, 0.29) is 5.97 Å². The fourth-order valence-electron chi connectivity index (χ4n) is 2.04. The molecule has 0 atom stereocenters. The van der Waals surface area contributed by atoms with Gasteiger partial charge in [-0.1, -0.05) is 19.9 Å². The third kappa shape index (κ3) is 3.55. The van der Waals surface area contributed by atoms with Crippen molar-refractivity contribution in [2.24, 2.45) is 0 Å². The molecule has 4 heteroatoms. The summed E-state index contributed by atoms with van der Waals surface area (Å²) in [5, 5.41) is 6.64. The standard InChI is InChI=1S/C15H19NO2S/c1-10(2)16-8-7-12-9-19-14-6-4-5-13(15(12)14)18-11(3)17/h4-6,9-10,16H,7-8H2,1-3H3. The molecule has 0 amide bonds. The van der Waals surface area contributed by atoms with Gasteiger partial charge in [-0.15, -0.1) is 11.3 Å². The van der Waals surface area contributed by atoms with E-state index in [2.05, 4.69) is 30.6 Å². The third-order valence-corrected chi connectivity index (χ3v) is 3.83. The normalized spacial score (nSPS) is 11.2. The van der Waals surface area contributed by atoms with Gasteiger partial charge in [-0.05, 0) is 36.0 Å². The predicted octanol–water partition coefficient (Wildman–Crippen LogP) is 3.37. The molecule has 0 radical (unpaired) electrons. The maximum atomic E-state index is 11.2. The van der Waals surface area contributed by atoms with Crippen LogP contribution in [0.2, 0.25) is 0 Å². The van der Waals surface area contributed by atoms with E-state index in [9.17, 15) is 4.79 Å². The topological polar surface area (TPSA) is 38.3 Å². The lowest BCUT2D eigenvalue weighted by Crippen LogP contribution is -2.24. The molecule has 0 unspecified atom stereocenters. The summed E-state index contributed by atoms with van der Waals surface area (Å²) >= 11 is 1.69. The van der Waals surface area contributed by atoms with Crippen molar-refractivity contribution in [3.8, 4) is 5.75 Å². The van der Waals surface area contributed by atoms with Crippen LogP contribution in [0.15, 0.2) is 23.6 Å². The monoisotopic (exact) mass is 277 g/mol. The van der Waals surface area contributed by atoms with Crippen LogP contribution >= 0.6 is 11.3 Å². The van der Waals surface area contributed by atoms with Gasteiger partial charge in [0.25, 0.3) is 0 Å². The summed E-state index contributed by atoms with van der Waals surface area (Å²) in [5.74, 6) is 0.399. The number of hydrogen-bond donors (Lipinski definition) is 1. The Labute approximate surface area is 117 Å². The Bertz CT molecular complexity index is 575. The van der Waals surface area contributed by atoms with Crippen LogP contribution in [0.3, 0.4) is 0 Å². The molecule has 3 nitrogen and oxygen atoms in total. The summed E-state index contributed by atoms with van der Waals surface area (Å²) in [4.78, 5) is 11.2. The lowest BCUT2D eigenvalue weighted by Gasteiger charge is -2.08. The summed E-state index contributed by atoms with van der Waals surface area (Å²) in [5.41, 5.74) is 1.24. The van der Waals surface area contributed by atoms with Crippen molar-refractivity contribution >= 4 is 27.4 Å². The third-order valence-electron chi connectivity index (χ3n) is 2.84. The van der Waals surface area contributed by atoms with E-state index < -0.39 is 0 Å². The van der Waals surface area contributed by atoms with Gasteiger partial charge < -0.3 is 10.1 Å². The van der Waals surface area contributed by atoms with E-state index in [1.165, 1.54) is 17.2 Å². The van der Waals surface area contributed by atoms with Crippen LogP contribution in [0.25, 0.3) is 10.1 Å². The minimum Gasteiger partial charge on any atom is -0.426 e. The number of rotatable bonds is 5. The molecule has 0 saturated carbocycles. The van der Waals surface area contributed by atoms with Crippen LogP contribution in [0, 0.1) is 0 Å². The number of nitrogens with one attached hydrogen (secondary N) is 1. The summed E-state index contributed by atoms with van der Waals surface area (Å²) in [6.07, 6.45) is 0.941. The first-order valence-corrected chi connectivity index (χ1v) is 7.37. The Balaban J connectivity index is 2.26. The van der Waals surface area contributed by atoms with Crippen molar-refractivity contribution < 1.29 is 9.53 Å². The fraction of sp³-hybridized carbons (Fsp3) is 0.400. The van der Waals surface area contributed by atoms with Gasteiger partial charge in [-0.3, -0.25) is 4.79 Å². The highest BCUT2D eigenvalue weighted by Crippen LogP contribution is 2.34. The highest BCUT2D eigenvalue weighted by atomic mass is 32.1. The highest BCUT2D eigenvalue weighted by molar-refractivity contribution is 7.17. The predicted molar refractivity (Wildman–Crippen MR) is 80.0 cm³/mol. The Morgan fingerprint density at radius 1 is 1.42 bits per heavy atom. The first-order valence-electron chi connectivity index (χ1n) is 6.49. The number of ether oxygens (including phenoxy) is 1. The van der Waals surface area contributed by atoms with Crippen LogP contribution in [0.5, 0.6) is 5.75 Å². The van der Waals surface area contributed by atoms with Crippen molar-refractivity contribution in [3.63, 3.8) is 0 Å². The minimum absolute atomic E-state index is 0.273. The average Bonchev–Trinajstić information content (AvgIpc) is 2.72. The molecule has 1 heterocycles. The van der Waals surface area contributed by atoms with Crippen LogP contribution in [-0.2, 0) is 11.2 Å². The smallest absolute Gasteiger partial charge is 0.308 e. The van der Waals surface area contributed by atoms with Crippen LogP contribution in [0.4, 0.5) is 0 Å². The second-order valence-corrected chi connectivity index (χ2v) is 5.75. The first-order chi connectivity index (χ1) is 9.08. The van der Waals surface area contributed by atoms with Gasteiger partial charge in [0.15, 0.2) is 0 Å². The first kappa shape index (κ1) is 14.0. The van der Waals surface area contributed by atoms with E-state index in [1.54, 1.807) is 11.3 Å². The average molecular weight is 277 g/mol. The van der Waals surface area contributed by atoms with Crippen LogP contribution in [0.1, 0.15) is 26.3 Å². The Morgan fingerprint density at radius 2 is 2.21 bits per heavy atom. The van der Waals surface area contributed by atoms with E-state index in [0.29, 0.717) is 11.8 Å². The molecular weight excluding hydrogens is 258 g/mol. The maximum absolute atomic E-state index is 11.2. The van der Waals surface area contributed by atoms with Gasteiger partial charge >= 0.3 is 5.97 Å². The van der Waals surface area contributed by atoms with Crippen molar-refractivity contribution in [1.29, 1.82) is 0 Å². The number of benzene rings is 1. The molecule has 1 aromatic heterocycles. The lowest BCUT2D eigenvalue weighted by molar-refractivity contribution is -0.131. The second kappa shape index (κ2) is 6.17. The summed E-state index contributed by atoms with van der Waals surface area (Å²) < 4.78 is 6.47. The van der Waals surface area contributed by atoms with E-state index >= 15 is 0 Å². The maximum Gasteiger partial charge on any atom is 0.308 e. The van der Waals surface area contributed by atoms with Gasteiger partial charge in [0.1, 0.15) is 5.75 Å². The highest BCUT2D eigenvalue weighted by Gasteiger charge is 2.11. The quantitative estimate of drug-likeness (QED) is 0.672. The fourth-order valence-corrected chi connectivity index (χ4v) is 3.05. The molecule has 102 valence electrons. The zero-order valence-corrected chi connectivity index (χ0v) is 12.3. The lowest BCUT2D eigenvalue weighted by atomic mass is 10.1. The molecule has 0 aliphatic heterocycles. The summed E-state index contributed by atoms with van der Waals surface area (Å²) in [6, 6.07) is 6.33. The van der Waals surface area contributed by atoms with E-state index in [4.69, 9.17) is 4.74 Å². The van der Waals surface area contributed by atoms with Crippen LogP contribution < -0.4 is 10.1 Å². The van der Waals surface area contributed by atoms with Crippen molar-refractivity contribution in [2.45, 2.75) is 33.2 Å². The number of esters is 1. The number of thiophene rings is 1. The summed E-state index contributed by atoms with van der Waals surface area (Å²) in [6.45, 7) is 6.63. The molecule has 0 aliphatic rings. The van der Waals surface area contributed by atoms with Gasteiger partial charge in [-0.25, -0.2) is 0 Å². The molecular formula is C15H19NO2S. The van der Waals surface area contributed by atoms with E-state index in [0.717, 1.165) is 18.4 Å². The van der Waals surface area contributed by atoms with E-state index in [1.807, 2.05) is 12.1 Å². The minimum atomic E-state index is -0.273. The van der Waals surface area contributed by atoms with Crippen molar-refractivity contribution in [3.05, 3.63) is 29.1 Å². The molecule has 0 saturated heterocycles. The molecule has 19 heavy (non-hydrogen) atoms. The summed E-state index contributed by atoms with van der Waals surface area (Å²) in [7, 11) is 0. The zero-order chi connectivity index (χ0) is 13.8. The molecule has 0 spiro atoms. The number of hydrogen-bond acceptors (Lipinski definition) is 4. The second-order valence-electron chi connectivity index (χ2n) is 4.84. The Hall–Kier alpha value is -1.39. The zero-order valence-electron chi connectivity index (χ0n) is 11.5. The largest absolute Gasteiger partial charge is 0.426 e. The molecule has 2 rings (SSSR count). The molecule has 2 aromatic rings.